The third kappa shape index (κ3) is 3.58. The Kier molecular flexibility index (Phi) is 4.90. The molecule has 1 aliphatic rings. The summed E-state index contributed by atoms with van der Waals surface area (Å²) in [5.41, 5.74) is 1.90. The van der Waals surface area contributed by atoms with Crippen molar-refractivity contribution in [2.75, 3.05) is 31.7 Å². The van der Waals surface area contributed by atoms with Gasteiger partial charge >= 0.3 is 5.97 Å². The second-order valence-electron chi connectivity index (χ2n) is 5.41. The van der Waals surface area contributed by atoms with E-state index in [4.69, 9.17) is 4.74 Å². The fourth-order valence-corrected chi connectivity index (χ4v) is 2.30. The molecule has 1 N–H and O–H groups in total. The fourth-order valence-electron chi connectivity index (χ4n) is 2.30. The van der Waals surface area contributed by atoms with Crippen molar-refractivity contribution < 1.29 is 14.6 Å². The van der Waals surface area contributed by atoms with Gasteiger partial charge in [-0.05, 0) is 12.0 Å². The molecule has 1 aromatic rings. The van der Waals surface area contributed by atoms with E-state index in [2.05, 4.69) is 16.0 Å². The minimum atomic E-state index is -1.01. The van der Waals surface area contributed by atoms with Crippen molar-refractivity contribution in [2.45, 2.75) is 26.2 Å². The van der Waals surface area contributed by atoms with Crippen LogP contribution in [0.25, 0.3) is 0 Å². The van der Waals surface area contributed by atoms with Crippen molar-refractivity contribution in [3.8, 4) is 0 Å². The van der Waals surface area contributed by atoms with Crippen LogP contribution in [0.15, 0.2) is 17.8 Å². The Morgan fingerprint density at radius 1 is 1.52 bits per heavy atom. The lowest BCUT2D eigenvalue weighted by molar-refractivity contribution is 0.0690. The molecule has 21 heavy (non-hydrogen) atoms. The van der Waals surface area contributed by atoms with Gasteiger partial charge in [0.1, 0.15) is 5.82 Å². The number of carbonyl (C=O) groups is 1. The molecule has 0 radical (unpaired) electrons. The van der Waals surface area contributed by atoms with E-state index in [9.17, 15) is 9.90 Å². The molecule has 0 saturated heterocycles. The maximum absolute atomic E-state index is 11.5. The van der Waals surface area contributed by atoms with E-state index in [1.807, 2.05) is 18.7 Å². The first-order valence-electron chi connectivity index (χ1n) is 7.05. The standard InChI is InChI=1S/C15H21N3O3/c1-10(2)14-16-8-12(13(17-14)15(19)20)18-6-4-11(5-7-18)9-21-3/h4,8,10H,5-7,9H2,1-3H3,(H,19,20). The maximum Gasteiger partial charge on any atom is 0.356 e. The summed E-state index contributed by atoms with van der Waals surface area (Å²) in [4.78, 5) is 21.9. The molecule has 0 fully saturated rings. The minimum absolute atomic E-state index is 0.0808. The quantitative estimate of drug-likeness (QED) is 0.837. The molecule has 2 heterocycles. The van der Waals surface area contributed by atoms with E-state index < -0.39 is 5.97 Å². The Morgan fingerprint density at radius 3 is 2.81 bits per heavy atom. The Bertz CT molecular complexity index is 555. The summed E-state index contributed by atoms with van der Waals surface area (Å²) in [6.07, 6.45) is 4.56. The molecule has 0 aromatic carbocycles. The summed E-state index contributed by atoms with van der Waals surface area (Å²) in [7, 11) is 1.67. The molecule has 0 spiro atoms. The number of anilines is 1. The van der Waals surface area contributed by atoms with Crippen LogP contribution in [0, 0.1) is 0 Å². The molecule has 0 unspecified atom stereocenters. The molecular formula is C15H21N3O3. The average molecular weight is 291 g/mol. The maximum atomic E-state index is 11.5. The smallest absolute Gasteiger partial charge is 0.356 e. The number of nitrogens with zero attached hydrogens (tertiary/aromatic N) is 3. The fraction of sp³-hybridized carbons (Fsp3) is 0.533. The number of methoxy groups -OCH3 is 1. The number of ether oxygens (including phenoxy) is 1. The highest BCUT2D eigenvalue weighted by Crippen LogP contribution is 2.24. The van der Waals surface area contributed by atoms with Crippen molar-refractivity contribution in [2.24, 2.45) is 0 Å². The number of carboxylic acid groups (broad SMARTS) is 1. The van der Waals surface area contributed by atoms with Gasteiger partial charge in [0.05, 0.1) is 18.5 Å². The zero-order chi connectivity index (χ0) is 15.4. The molecule has 0 aliphatic carbocycles. The topological polar surface area (TPSA) is 75.5 Å². The molecule has 0 saturated carbocycles. The van der Waals surface area contributed by atoms with Crippen LogP contribution in [-0.4, -0.2) is 47.8 Å². The van der Waals surface area contributed by atoms with Crippen molar-refractivity contribution in [3.05, 3.63) is 29.4 Å². The largest absolute Gasteiger partial charge is 0.476 e. The third-order valence-electron chi connectivity index (χ3n) is 3.48. The number of rotatable bonds is 5. The van der Waals surface area contributed by atoms with Crippen molar-refractivity contribution in [1.29, 1.82) is 0 Å². The molecule has 0 bridgehead atoms. The van der Waals surface area contributed by atoms with Crippen LogP contribution in [0.5, 0.6) is 0 Å². The Morgan fingerprint density at radius 2 is 2.29 bits per heavy atom. The summed E-state index contributed by atoms with van der Waals surface area (Å²) >= 11 is 0. The van der Waals surface area contributed by atoms with Gasteiger partial charge in [0.25, 0.3) is 0 Å². The predicted molar refractivity (Wildman–Crippen MR) is 79.9 cm³/mol. The zero-order valence-corrected chi connectivity index (χ0v) is 12.7. The Hall–Kier alpha value is -1.95. The Labute approximate surface area is 124 Å². The van der Waals surface area contributed by atoms with Gasteiger partial charge in [0.15, 0.2) is 5.69 Å². The third-order valence-corrected chi connectivity index (χ3v) is 3.48. The van der Waals surface area contributed by atoms with E-state index >= 15 is 0 Å². The van der Waals surface area contributed by atoms with E-state index in [-0.39, 0.29) is 11.6 Å². The van der Waals surface area contributed by atoms with E-state index in [0.29, 0.717) is 24.7 Å². The van der Waals surface area contributed by atoms with Crippen LogP contribution in [0.2, 0.25) is 0 Å². The molecule has 6 heteroatoms. The van der Waals surface area contributed by atoms with Gasteiger partial charge in [-0.1, -0.05) is 19.9 Å². The molecule has 0 amide bonds. The average Bonchev–Trinajstić information content (AvgIpc) is 2.47. The SMILES string of the molecule is COCC1=CCN(c2cnc(C(C)C)nc2C(=O)O)CC1. The van der Waals surface area contributed by atoms with Gasteiger partial charge in [-0.15, -0.1) is 0 Å². The lowest BCUT2D eigenvalue weighted by Crippen LogP contribution is -2.31. The van der Waals surface area contributed by atoms with Crippen LogP contribution in [-0.2, 0) is 4.74 Å². The number of carboxylic acids is 1. The van der Waals surface area contributed by atoms with E-state index in [0.717, 1.165) is 13.0 Å². The first-order chi connectivity index (χ1) is 10.0. The highest BCUT2D eigenvalue weighted by atomic mass is 16.5. The molecule has 114 valence electrons. The van der Waals surface area contributed by atoms with Crippen molar-refractivity contribution >= 4 is 11.7 Å². The molecule has 6 nitrogen and oxygen atoms in total. The second kappa shape index (κ2) is 6.67. The summed E-state index contributed by atoms with van der Waals surface area (Å²) in [5.74, 6) is -0.351. The van der Waals surface area contributed by atoms with Crippen LogP contribution >= 0.6 is 0 Å². The lowest BCUT2D eigenvalue weighted by Gasteiger charge is -2.28. The highest BCUT2D eigenvalue weighted by Gasteiger charge is 2.21. The summed E-state index contributed by atoms with van der Waals surface area (Å²) in [5, 5.41) is 9.39. The number of aromatic nitrogens is 2. The second-order valence-corrected chi connectivity index (χ2v) is 5.41. The lowest BCUT2D eigenvalue weighted by atomic mass is 10.1. The normalized spacial score (nSPS) is 15.2. The van der Waals surface area contributed by atoms with Crippen LogP contribution in [0.1, 0.15) is 42.5 Å². The molecule has 0 atom stereocenters. The van der Waals surface area contributed by atoms with Crippen molar-refractivity contribution in [1.82, 2.24) is 9.97 Å². The molecule has 1 aromatic heterocycles. The van der Waals surface area contributed by atoms with Crippen LogP contribution < -0.4 is 4.90 Å². The van der Waals surface area contributed by atoms with Gasteiger partial charge in [0, 0.05) is 26.1 Å². The molecular weight excluding hydrogens is 270 g/mol. The summed E-state index contributed by atoms with van der Waals surface area (Å²) in [6.45, 7) is 5.92. The van der Waals surface area contributed by atoms with Crippen molar-refractivity contribution in [3.63, 3.8) is 0 Å². The van der Waals surface area contributed by atoms with E-state index in [1.165, 1.54) is 5.57 Å². The van der Waals surface area contributed by atoms with Gasteiger partial charge in [-0.25, -0.2) is 14.8 Å². The first kappa shape index (κ1) is 15.4. The van der Waals surface area contributed by atoms with Gasteiger partial charge < -0.3 is 14.7 Å². The Balaban J connectivity index is 2.26. The van der Waals surface area contributed by atoms with E-state index in [1.54, 1.807) is 13.3 Å². The monoisotopic (exact) mass is 291 g/mol. The van der Waals surface area contributed by atoms with Crippen LogP contribution in [0.3, 0.4) is 0 Å². The minimum Gasteiger partial charge on any atom is -0.476 e. The zero-order valence-electron chi connectivity index (χ0n) is 12.7. The van der Waals surface area contributed by atoms with Gasteiger partial charge in [-0.3, -0.25) is 0 Å². The number of aromatic carboxylic acids is 1. The van der Waals surface area contributed by atoms with Crippen LogP contribution in [0.4, 0.5) is 5.69 Å². The molecule has 2 rings (SSSR count). The summed E-state index contributed by atoms with van der Waals surface area (Å²) < 4.78 is 5.12. The first-order valence-corrected chi connectivity index (χ1v) is 7.05. The predicted octanol–water partition coefficient (Wildman–Crippen LogP) is 2.08. The number of hydrogen-bond donors (Lipinski definition) is 1. The molecule has 1 aliphatic heterocycles. The van der Waals surface area contributed by atoms with Gasteiger partial charge in [-0.2, -0.15) is 0 Å². The van der Waals surface area contributed by atoms with Gasteiger partial charge in [0.2, 0.25) is 0 Å². The highest BCUT2D eigenvalue weighted by molar-refractivity contribution is 5.92. The number of hydrogen-bond acceptors (Lipinski definition) is 5. The summed E-state index contributed by atoms with van der Waals surface area (Å²) in [6, 6.07) is 0.